The van der Waals surface area contributed by atoms with Crippen molar-refractivity contribution < 1.29 is 9.59 Å². The molecule has 0 spiro atoms. The van der Waals surface area contributed by atoms with Crippen LogP contribution < -0.4 is 9.80 Å². The number of anilines is 2. The summed E-state index contributed by atoms with van der Waals surface area (Å²) in [7, 11) is 1.80. The topological polar surface area (TPSA) is 100 Å². The summed E-state index contributed by atoms with van der Waals surface area (Å²) < 4.78 is 1.62. The number of hydrogen-bond donors (Lipinski definition) is 0. The van der Waals surface area contributed by atoms with E-state index in [-0.39, 0.29) is 24.2 Å². The van der Waals surface area contributed by atoms with E-state index in [0.717, 1.165) is 11.5 Å². The van der Waals surface area contributed by atoms with Gasteiger partial charge >= 0.3 is 0 Å². The second kappa shape index (κ2) is 7.36. The van der Waals surface area contributed by atoms with Crippen molar-refractivity contribution in [3.05, 3.63) is 36.7 Å². The van der Waals surface area contributed by atoms with Gasteiger partial charge in [0.2, 0.25) is 11.8 Å². The van der Waals surface area contributed by atoms with Crippen LogP contribution in [0.25, 0.3) is 11.2 Å². The fraction of sp³-hybridized carbons (Fsp3) is 0.400. The first-order valence-electron chi connectivity index (χ1n) is 10.0. The molecule has 2 amide bonds. The Morgan fingerprint density at radius 2 is 1.83 bits per heavy atom. The third-order valence-corrected chi connectivity index (χ3v) is 5.80. The Morgan fingerprint density at radius 1 is 1.07 bits per heavy atom. The first-order valence-corrected chi connectivity index (χ1v) is 10.0. The molecule has 1 aromatic carbocycles. The van der Waals surface area contributed by atoms with Gasteiger partial charge in [-0.3, -0.25) is 9.59 Å². The Kier molecular flexibility index (Phi) is 4.53. The van der Waals surface area contributed by atoms with Crippen LogP contribution in [0, 0.1) is 5.92 Å². The van der Waals surface area contributed by atoms with Crippen LogP contribution in [0.1, 0.15) is 6.42 Å². The first-order chi connectivity index (χ1) is 14.6. The van der Waals surface area contributed by atoms with E-state index >= 15 is 0 Å². The summed E-state index contributed by atoms with van der Waals surface area (Å²) in [6.45, 7) is 2.91. The van der Waals surface area contributed by atoms with Crippen molar-refractivity contribution in [2.75, 3.05) is 42.5 Å². The van der Waals surface area contributed by atoms with Gasteiger partial charge in [0.25, 0.3) is 0 Å². The molecule has 0 radical (unpaired) electrons. The van der Waals surface area contributed by atoms with Crippen LogP contribution in [0.2, 0.25) is 0 Å². The molecule has 5 rings (SSSR count). The number of aryl methyl sites for hydroxylation is 1. The van der Waals surface area contributed by atoms with Gasteiger partial charge in [0, 0.05) is 51.9 Å². The second-order valence-corrected chi connectivity index (χ2v) is 7.64. The van der Waals surface area contributed by atoms with Crippen LogP contribution in [0.15, 0.2) is 36.7 Å². The fourth-order valence-electron chi connectivity index (χ4n) is 4.20. The summed E-state index contributed by atoms with van der Waals surface area (Å²) in [4.78, 5) is 39.8. The highest BCUT2D eigenvalue weighted by Crippen LogP contribution is 2.27. The zero-order valence-electron chi connectivity index (χ0n) is 16.7. The van der Waals surface area contributed by atoms with E-state index in [1.54, 1.807) is 16.6 Å². The minimum absolute atomic E-state index is 0.00390. The lowest BCUT2D eigenvalue weighted by molar-refractivity contribution is -0.136. The van der Waals surface area contributed by atoms with Gasteiger partial charge < -0.3 is 14.7 Å². The SMILES string of the molecule is Cn1nnc2c(N3CCN(C(=O)[C@H]4CC(=O)N(c5ccccc5)C4)CC3)ncnc21. The van der Waals surface area contributed by atoms with Crippen LogP contribution in [0.3, 0.4) is 0 Å². The van der Waals surface area contributed by atoms with Crippen LogP contribution >= 0.6 is 0 Å². The average molecular weight is 406 g/mol. The van der Waals surface area contributed by atoms with E-state index < -0.39 is 0 Å². The maximum absolute atomic E-state index is 13.1. The molecule has 0 unspecified atom stereocenters. The Labute approximate surface area is 173 Å². The molecule has 1 atom stereocenters. The molecule has 2 aliphatic heterocycles. The normalized spacial score (nSPS) is 19.7. The van der Waals surface area contributed by atoms with Gasteiger partial charge in [0.05, 0.1) is 5.92 Å². The van der Waals surface area contributed by atoms with Crippen molar-refractivity contribution in [2.24, 2.45) is 13.0 Å². The number of benzene rings is 1. The zero-order valence-corrected chi connectivity index (χ0v) is 16.7. The summed E-state index contributed by atoms with van der Waals surface area (Å²) in [5.41, 5.74) is 2.20. The number of nitrogens with zero attached hydrogens (tertiary/aromatic N) is 8. The molecule has 3 aromatic rings. The molecule has 2 saturated heterocycles. The largest absolute Gasteiger partial charge is 0.351 e. The van der Waals surface area contributed by atoms with Crippen LogP contribution in [-0.2, 0) is 16.6 Å². The number of hydrogen-bond acceptors (Lipinski definition) is 7. The van der Waals surface area contributed by atoms with Gasteiger partial charge in [0.1, 0.15) is 6.33 Å². The van der Waals surface area contributed by atoms with Crippen molar-refractivity contribution in [2.45, 2.75) is 6.42 Å². The molecule has 0 bridgehead atoms. The molecular weight excluding hydrogens is 384 g/mol. The predicted molar refractivity (Wildman–Crippen MR) is 110 cm³/mol. The zero-order chi connectivity index (χ0) is 20.7. The quantitative estimate of drug-likeness (QED) is 0.623. The number of amides is 2. The van der Waals surface area contributed by atoms with Crippen molar-refractivity contribution >= 4 is 34.5 Å². The molecule has 0 saturated carbocycles. The smallest absolute Gasteiger partial charge is 0.228 e. The lowest BCUT2D eigenvalue weighted by Gasteiger charge is -2.36. The van der Waals surface area contributed by atoms with Crippen LogP contribution in [0.4, 0.5) is 11.5 Å². The molecule has 4 heterocycles. The summed E-state index contributed by atoms with van der Waals surface area (Å²) >= 11 is 0. The molecule has 2 fully saturated rings. The van der Waals surface area contributed by atoms with E-state index in [4.69, 9.17) is 0 Å². The van der Waals surface area contributed by atoms with Crippen molar-refractivity contribution in [1.29, 1.82) is 0 Å². The van der Waals surface area contributed by atoms with E-state index in [1.165, 1.54) is 6.33 Å². The average Bonchev–Trinajstić information content (AvgIpc) is 3.37. The Balaban J connectivity index is 1.25. The number of para-hydroxylation sites is 1. The monoisotopic (exact) mass is 406 g/mol. The molecule has 0 N–H and O–H groups in total. The minimum Gasteiger partial charge on any atom is -0.351 e. The van der Waals surface area contributed by atoms with Crippen molar-refractivity contribution in [3.8, 4) is 0 Å². The standard InChI is InChI=1S/C20H22N8O2/c1-25-18-17(23-24-25)19(22-13-21-18)26-7-9-27(10-8-26)20(30)14-11-16(29)28(12-14)15-5-3-2-4-6-15/h2-6,13-14H,7-12H2,1H3/t14-/m0/s1. The molecule has 30 heavy (non-hydrogen) atoms. The number of aromatic nitrogens is 5. The molecule has 2 aliphatic rings. The Hall–Kier alpha value is -3.56. The maximum atomic E-state index is 13.1. The van der Waals surface area contributed by atoms with E-state index in [9.17, 15) is 9.59 Å². The molecule has 154 valence electrons. The Morgan fingerprint density at radius 3 is 2.60 bits per heavy atom. The van der Waals surface area contributed by atoms with Gasteiger partial charge in [0.15, 0.2) is 17.0 Å². The molecule has 2 aromatic heterocycles. The summed E-state index contributed by atoms with van der Waals surface area (Å²) in [5.74, 6) is 0.500. The number of rotatable bonds is 3. The highest BCUT2D eigenvalue weighted by molar-refractivity contribution is 6.00. The van der Waals surface area contributed by atoms with E-state index in [2.05, 4.69) is 25.2 Å². The van der Waals surface area contributed by atoms with Crippen molar-refractivity contribution in [1.82, 2.24) is 29.9 Å². The summed E-state index contributed by atoms with van der Waals surface area (Å²) in [6.07, 6.45) is 1.78. The highest BCUT2D eigenvalue weighted by Gasteiger charge is 2.38. The third kappa shape index (κ3) is 3.14. The molecular formula is C20H22N8O2. The summed E-state index contributed by atoms with van der Waals surface area (Å²) in [6, 6.07) is 9.52. The highest BCUT2D eigenvalue weighted by atomic mass is 16.2. The predicted octanol–water partition coefficient (Wildman–Crippen LogP) is 0.460. The maximum Gasteiger partial charge on any atom is 0.228 e. The van der Waals surface area contributed by atoms with Gasteiger partial charge in [-0.1, -0.05) is 23.4 Å². The number of fused-ring (bicyclic) bond motifs is 1. The molecule has 0 aliphatic carbocycles. The molecule has 10 nitrogen and oxygen atoms in total. The van der Waals surface area contributed by atoms with E-state index in [0.29, 0.717) is 43.9 Å². The Bertz CT molecular complexity index is 1090. The lowest BCUT2D eigenvalue weighted by atomic mass is 10.1. The van der Waals surface area contributed by atoms with Gasteiger partial charge in [-0.25, -0.2) is 14.6 Å². The van der Waals surface area contributed by atoms with Crippen LogP contribution in [-0.4, -0.2) is 74.4 Å². The third-order valence-electron chi connectivity index (χ3n) is 5.80. The van der Waals surface area contributed by atoms with E-state index in [1.807, 2.05) is 35.2 Å². The van der Waals surface area contributed by atoms with Gasteiger partial charge in [-0.05, 0) is 12.1 Å². The fourth-order valence-corrected chi connectivity index (χ4v) is 4.20. The molecule has 10 heteroatoms. The number of carbonyl (C=O) groups excluding carboxylic acids is 2. The number of piperazine rings is 1. The van der Waals surface area contributed by atoms with Gasteiger partial charge in [-0.2, -0.15) is 0 Å². The van der Waals surface area contributed by atoms with Crippen molar-refractivity contribution in [3.63, 3.8) is 0 Å². The second-order valence-electron chi connectivity index (χ2n) is 7.64. The summed E-state index contributed by atoms with van der Waals surface area (Å²) in [5, 5.41) is 8.20. The lowest BCUT2D eigenvalue weighted by Crippen LogP contribution is -2.51. The number of carbonyl (C=O) groups is 2. The first kappa shape index (κ1) is 18.5. The van der Waals surface area contributed by atoms with Crippen LogP contribution in [0.5, 0.6) is 0 Å². The minimum atomic E-state index is -0.296. The van der Waals surface area contributed by atoms with Gasteiger partial charge in [-0.15, -0.1) is 5.10 Å².